The molecule has 2 N–H and O–H groups in total. The van der Waals surface area contributed by atoms with Crippen molar-refractivity contribution < 1.29 is 13.6 Å². The number of ketones is 1. The van der Waals surface area contributed by atoms with E-state index in [0.29, 0.717) is 20.9 Å². The fourth-order valence-corrected chi connectivity index (χ4v) is 2.55. The summed E-state index contributed by atoms with van der Waals surface area (Å²) in [4.78, 5) is 11.1. The van der Waals surface area contributed by atoms with Crippen molar-refractivity contribution in [2.45, 2.75) is 19.8 Å². The van der Waals surface area contributed by atoms with E-state index in [0.717, 1.165) is 0 Å². The van der Waals surface area contributed by atoms with Crippen molar-refractivity contribution in [1.29, 1.82) is 0 Å². The number of halogens is 6. The Morgan fingerprint density at radius 2 is 1.54 bits per heavy atom. The van der Waals surface area contributed by atoms with Gasteiger partial charge in [0, 0.05) is 21.8 Å². The van der Waals surface area contributed by atoms with Crippen molar-refractivity contribution in [2.24, 2.45) is 0 Å². The first-order chi connectivity index (χ1) is 11.2. The molecule has 0 aliphatic carbocycles. The lowest BCUT2D eigenvalue weighted by molar-refractivity contribution is -0.118. The average molecular weight is 504 g/mol. The highest BCUT2D eigenvalue weighted by molar-refractivity contribution is 9.10. The smallest absolute Gasteiger partial charge is 0.165 e. The summed E-state index contributed by atoms with van der Waals surface area (Å²) >= 11 is 17.3. The summed E-state index contributed by atoms with van der Waals surface area (Å²) < 4.78 is 27.2. The second-order valence-electron chi connectivity index (χ2n) is 4.67. The van der Waals surface area contributed by atoms with E-state index in [4.69, 9.17) is 28.9 Å². The Kier molecular flexibility index (Phi) is 8.63. The standard InChI is InChI=1S/C10H9BrClFO.C6H4BrClFN/c1-2-7(14)5-6-3-4-8(11)9(12)10(6)13;7-3-1-2-4(10)6(9)5(3)8/h3-4H,2,5H2,1H3;1-2H,10H2. The molecule has 0 radical (unpaired) electrons. The molecule has 0 aliphatic heterocycles. The van der Waals surface area contributed by atoms with E-state index in [-0.39, 0.29) is 27.9 Å². The van der Waals surface area contributed by atoms with Gasteiger partial charge in [-0.1, -0.05) is 36.2 Å². The summed E-state index contributed by atoms with van der Waals surface area (Å²) in [5, 5.41) is 0.0615. The minimum Gasteiger partial charge on any atom is -0.396 e. The lowest BCUT2D eigenvalue weighted by Crippen LogP contribution is -2.03. The number of carbonyl (C=O) groups is 1. The van der Waals surface area contributed by atoms with Crippen LogP contribution in [0, 0.1) is 11.6 Å². The van der Waals surface area contributed by atoms with Gasteiger partial charge < -0.3 is 5.73 Å². The van der Waals surface area contributed by atoms with Crippen LogP contribution in [0.15, 0.2) is 33.2 Å². The molecule has 0 heterocycles. The Labute approximate surface area is 165 Å². The van der Waals surface area contributed by atoms with Gasteiger partial charge >= 0.3 is 0 Å². The Balaban J connectivity index is 0.000000254. The zero-order chi connectivity index (χ0) is 18.4. The second kappa shape index (κ2) is 9.70. The fraction of sp³-hybridized carbons (Fsp3) is 0.188. The molecule has 0 saturated heterocycles. The van der Waals surface area contributed by atoms with Crippen molar-refractivity contribution in [2.75, 3.05) is 5.73 Å². The van der Waals surface area contributed by atoms with Gasteiger partial charge in [0.2, 0.25) is 0 Å². The number of nitrogens with two attached hydrogens (primary N) is 1. The summed E-state index contributed by atoms with van der Waals surface area (Å²) in [5.41, 5.74) is 5.62. The highest BCUT2D eigenvalue weighted by Crippen LogP contribution is 2.29. The van der Waals surface area contributed by atoms with E-state index in [9.17, 15) is 13.6 Å². The third-order valence-corrected chi connectivity index (χ3v) is 5.48. The van der Waals surface area contributed by atoms with Crippen molar-refractivity contribution in [3.63, 3.8) is 0 Å². The predicted octanol–water partition coefficient (Wildman–Crippen LogP) is 6.59. The van der Waals surface area contributed by atoms with Crippen LogP contribution in [0.2, 0.25) is 10.0 Å². The second-order valence-corrected chi connectivity index (χ2v) is 7.13. The Bertz CT molecular complexity index is 730. The van der Waals surface area contributed by atoms with Crippen LogP contribution in [0.5, 0.6) is 0 Å². The summed E-state index contributed by atoms with van der Waals surface area (Å²) in [5.74, 6) is -1.08. The maximum atomic E-state index is 13.4. The van der Waals surface area contributed by atoms with Crippen LogP contribution in [-0.4, -0.2) is 5.78 Å². The van der Waals surface area contributed by atoms with Gasteiger partial charge in [0.05, 0.1) is 15.7 Å². The van der Waals surface area contributed by atoms with Gasteiger partial charge in [-0.3, -0.25) is 4.79 Å². The van der Waals surface area contributed by atoms with Gasteiger partial charge in [-0.25, -0.2) is 8.78 Å². The number of benzene rings is 2. The molecule has 0 atom stereocenters. The fourth-order valence-electron chi connectivity index (χ4n) is 1.58. The highest BCUT2D eigenvalue weighted by atomic mass is 79.9. The number of hydrogen-bond acceptors (Lipinski definition) is 2. The normalized spacial score (nSPS) is 10.1. The Hall–Kier alpha value is -0.690. The zero-order valence-electron chi connectivity index (χ0n) is 12.5. The summed E-state index contributed by atoms with van der Waals surface area (Å²) in [6.45, 7) is 1.75. The number of rotatable bonds is 3. The van der Waals surface area contributed by atoms with E-state index in [1.807, 2.05) is 0 Å². The van der Waals surface area contributed by atoms with Gasteiger partial charge in [-0.2, -0.15) is 0 Å². The van der Waals surface area contributed by atoms with Crippen LogP contribution in [0.1, 0.15) is 18.9 Å². The molecule has 2 aromatic rings. The van der Waals surface area contributed by atoms with Gasteiger partial charge in [0.1, 0.15) is 11.6 Å². The molecule has 0 unspecified atom stereocenters. The van der Waals surface area contributed by atoms with Gasteiger partial charge in [-0.15, -0.1) is 0 Å². The lowest BCUT2D eigenvalue weighted by Gasteiger charge is -2.04. The van der Waals surface area contributed by atoms with Crippen molar-refractivity contribution >= 4 is 66.5 Å². The quantitative estimate of drug-likeness (QED) is 0.379. The highest BCUT2D eigenvalue weighted by Gasteiger charge is 2.12. The SMILES string of the molecule is CCC(=O)Cc1ccc(Br)c(Cl)c1F.Nc1ccc(Br)c(Cl)c1F. The molecule has 130 valence electrons. The molecular weight excluding hydrogens is 491 g/mol. The third-order valence-electron chi connectivity index (χ3n) is 2.96. The van der Waals surface area contributed by atoms with E-state index in [2.05, 4.69) is 31.9 Å². The molecule has 8 heteroatoms. The molecule has 0 spiro atoms. The predicted molar refractivity (Wildman–Crippen MR) is 102 cm³/mol. The summed E-state index contributed by atoms with van der Waals surface area (Å²) in [6, 6.07) is 6.26. The van der Waals surface area contributed by atoms with E-state index in [1.165, 1.54) is 6.07 Å². The molecule has 0 amide bonds. The molecule has 2 aromatic carbocycles. The molecule has 0 bridgehead atoms. The first-order valence-electron chi connectivity index (χ1n) is 6.72. The molecule has 2 nitrogen and oxygen atoms in total. The number of Topliss-reactive ketones (excluding diaryl/α,β-unsaturated/α-hetero) is 1. The maximum absolute atomic E-state index is 13.4. The van der Waals surface area contributed by atoms with Crippen LogP contribution in [0.4, 0.5) is 14.5 Å². The minimum atomic E-state index is -0.573. The van der Waals surface area contributed by atoms with Crippen LogP contribution in [0.25, 0.3) is 0 Å². The van der Waals surface area contributed by atoms with Gasteiger partial charge in [0.15, 0.2) is 5.82 Å². The summed E-state index contributed by atoms with van der Waals surface area (Å²) in [6.07, 6.45) is 0.516. The lowest BCUT2D eigenvalue weighted by atomic mass is 10.1. The number of nitrogen functional groups attached to an aromatic ring is 1. The van der Waals surface area contributed by atoms with Crippen molar-refractivity contribution in [3.8, 4) is 0 Å². The average Bonchev–Trinajstić information content (AvgIpc) is 2.57. The largest absolute Gasteiger partial charge is 0.396 e. The zero-order valence-corrected chi connectivity index (χ0v) is 17.2. The van der Waals surface area contributed by atoms with E-state index >= 15 is 0 Å². The molecule has 0 aromatic heterocycles. The van der Waals surface area contributed by atoms with Gasteiger partial charge in [-0.05, 0) is 55.6 Å². The molecular formula is C16H13Br2Cl2F2NO. The van der Waals surface area contributed by atoms with Crippen LogP contribution in [-0.2, 0) is 11.2 Å². The van der Waals surface area contributed by atoms with E-state index < -0.39 is 11.6 Å². The number of hydrogen-bond donors (Lipinski definition) is 1. The molecule has 0 fully saturated rings. The van der Waals surface area contributed by atoms with Crippen LogP contribution in [0.3, 0.4) is 0 Å². The topological polar surface area (TPSA) is 43.1 Å². The van der Waals surface area contributed by atoms with Gasteiger partial charge in [0.25, 0.3) is 0 Å². The maximum Gasteiger partial charge on any atom is 0.165 e. The molecule has 0 aliphatic rings. The number of carbonyl (C=O) groups excluding carboxylic acids is 1. The van der Waals surface area contributed by atoms with E-state index in [1.54, 1.807) is 25.1 Å². The van der Waals surface area contributed by atoms with Crippen LogP contribution < -0.4 is 5.73 Å². The number of anilines is 1. The summed E-state index contributed by atoms with van der Waals surface area (Å²) in [7, 11) is 0. The van der Waals surface area contributed by atoms with Crippen LogP contribution >= 0.6 is 55.1 Å². The monoisotopic (exact) mass is 501 g/mol. The Morgan fingerprint density at radius 1 is 1.04 bits per heavy atom. The molecule has 24 heavy (non-hydrogen) atoms. The minimum absolute atomic E-state index is 0.00212. The first kappa shape index (κ1) is 21.4. The van der Waals surface area contributed by atoms with Crippen molar-refractivity contribution in [1.82, 2.24) is 0 Å². The Morgan fingerprint density at radius 3 is 2.04 bits per heavy atom. The molecule has 0 saturated carbocycles. The first-order valence-corrected chi connectivity index (χ1v) is 9.06. The van der Waals surface area contributed by atoms with Crippen molar-refractivity contribution in [3.05, 3.63) is 60.5 Å². The third kappa shape index (κ3) is 5.69. The molecule has 2 rings (SSSR count).